The molecule has 6 nitrogen and oxygen atoms in total. The summed E-state index contributed by atoms with van der Waals surface area (Å²) >= 11 is 0. The highest BCUT2D eigenvalue weighted by Crippen LogP contribution is 2.24. The van der Waals surface area contributed by atoms with E-state index in [2.05, 4.69) is 27.1 Å². The van der Waals surface area contributed by atoms with Crippen LogP contribution in [0.4, 0.5) is 11.5 Å². The first-order valence-electron chi connectivity index (χ1n) is 7.40. The summed E-state index contributed by atoms with van der Waals surface area (Å²) in [6.45, 7) is 9.00. The number of nitrogens with one attached hydrogen (secondary N) is 1. The zero-order valence-corrected chi connectivity index (χ0v) is 12.4. The van der Waals surface area contributed by atoms with Gasteiger partial charge in [-0.3, -0.25) is 0 Å². The zero-order chi connectivity index (χ0) is 14.4. The normalized spacial score (nSPS) is 17.1. The monoisotopic (exact) mass is 279 g/mol. The summed E-state index contributed by atoms with van der Waals surface area (Å²) in [6, 6.07) is 0. The van der Waals surface area contributed by atoms with Gasteiger partial charge in [-0.05, 0) is 38.8 Å². The van der Waals surface area contributed by atoms with Gasteiger partial charge in [0.2, 0.25) is 5.88 Å². The summed E-state index contributed by atoms with van der Waals surface area (Å²) in [6.07, 6.45) is 4.07. The van der Waals surface area contributed by atoms with E-state index in [-0.39, 0.29) is 0 Å². The molecule has 1 aliphatic heterocycles. The van der Waals surface area contributed by atoms with E-state index in [0.29, 0.717) is 24.0 Å². The highest BCUT2D eigenvalue weighted by Gasteiger charge is 2.15. The lowest BCUT2D eigenvalue weighted by molar-refractivity contribution is 0.199. The molecule has 1 fully saturated rings. The predicted octanol–water partition coefficient (Wildman–Crippen LogP) is 1.60. The summed E-state index contributed by atoms with van der Waals surface area (Å²) in [5.74, 6) is 1.98. The van der Waals surface area contributed by atoms with Crippen molar-refractivity contribution in [3.8, 4) is 5.88 Å². The van der Waals surface area contributed by atoms with Gasteiger partial charge in [-0.2, -0.15) is 4.98 Å². The second kappa shape index (κ2) is 7.28. The predicted molar refractivity (Wildman–Crippen MR) is 80.9 cm³/mol. The Morgan fingerprint density at radius 1 is 1.40 bits per heavy atom. The maximum absolute atomic E-state index is 5.98. The van der Waals surface area contributed by atoms with Gasteiger partial charge in [0.1, 0.15) is 12.0 Å². The third-order valence-electron chi connectivity index (χ3n) is 3.73. The number of anilines is 2. The third kappa shape index (κ3) is 3.96. The van der Waals surface area contributed by atoms with E-state index in [4.69, 9.17) is 10.5 Å². The number of hydrogen-bond acceptors (Lipinski definition) is 6. The Hall–Kier alpha value is -1.56. The van der Waals surface area contributed by atoms with E-state index >= 15 is 0 Å². The average molecular weight is 279 g/mol. The topological polar surface area (TPSA) is 76.3 Å². The van der Waals surface area contributed by atoms with Crippen molar-refractivity contribution in [3.05, 3.63) is 6.33 Å². The van der Waals surface area contributed by atoms with Crippen LogP contribution in [0.3, 0.4) is 0 Å². The third-order valence-corrected chi connectivity index (χ3v) is 3.73. The van der Waals surface area contributed by atoms with E-state index in [1.807, 2.05) is 6.92 Å². The van der Waals surface area contributed by atoms with E-state index in [1.165, 1.54) is 32.3 Å². The summed E-state index contributed by atoms with van der Waals surface area (Å²) < 4.78 is 5.36. The fourth-order valence-electron chi connectivity index (χ4n) is 2.39. The molecule has 1 aromatic rings. The number of likely N-dealkylation sites (tertiary alicyclic amines) is 1. The van der Waals surface area contributed by atoms with Crippen molar-refractivity contribution < 1.29 is 4.74 Å². The summed E-state index contributed by atoms with van der Waals surface area (Å²) in [7, 11) is 0. The Morgan fingerprint density at radius 2 is 2.15 bits per heavy atom. The van der Waals surface area contributed by atoms with Crippen LogP contribution in [-0.4, -0.2) is 47.7 Å². The second-order valence-corrected chi connectivity index (χ2v) is 5.33. The lowest BCUT2D eigenvalue weighted by atomic mass is 9.99. The van der Waals surface area contributed by atoms with Crippen molar-refractivity contribution in [1.82, 2.24) is 14.9 Å². The van der Waals surface area contributed by atoms with Crippen LogP contribution < -0.4 is 15.8 Å². The molecule has 0 unspecified atom stereocenters. The van der Waals surface area contributed by atoms with Crippen LogP contribution in [0.2, 0.25) is 0 Å². The standard InChI is InChI=1S/C14H25N5O/c1-3-20-14-12(15)13(17-10-18-14)16-6-9-19-7-4-11(2)5-8-19/h10-11H,3-9,15H2,1-2H3,(H,16,17,18). The van der Waals surface area contributed by atoms with Crippen LogP contribution in [0.5, 0.6) is 5.88 Å². The van der Waals surface area contributed by atoms with Gasteiger partial charge in [0, 0.05) is 13.1 Å². The molecule has 20 heavy (non-hydrogen) atoms. The maximum Gasteiger partial charge on any atom is 0.242 e. The number of nitrogen functional groups attached to an aromatic ring is 1. The molecule has 0 saturated carbocycles. The van der Waals surface area contributed by atoms with Crippen molar-refractivity contribution in [2.24, 2.45) is 5.92 Å². The van der Waals surface area contributed by atoms with Gasteiger partial charge in [-0.15, -0.1) is 0 Å². The Kier molecular flexibility index (Phi) is 5.40. The minimum Gasteiger partial charge on any atom is -0.476 e. The largest absolute Gasteiger partial charge is 0.476 e. The highest BCUT2D eigenvalue weighted by atomic mass is 16.5. The number of nitrogens with two attached hydrogens (primary N) is 1. The van der Waals surface area contributed by atoms with E-state index in [1.54, 1.807) is 0 Å². The maximum atomic E-state index is 5.98. The minimum absolute atomic E-state index is 0.455. The number of hydrogen-bond donors (Lipinski definition) is 2. The van der Waals surface area contributed by atoms with Crippen LogP contribution in [0, 0.1) is 5.92 Å². The molecule has 6 heteroatoms. The summed E-state index contributed by atoms with van der Waals surface area (Å²) in [5, 5.41) is 3.27. The van der Waals surface area contributed by atoms with Crippen molar-refractivity contribution in [2.45, 2.75) is 26.7 Å². The SMILES string of the molecule is CCOc1ncnc(NCCN2CCC(C)CC2)c1N. The van der Waals surface area contributed by atoms with E-state index < -0.39 is 0 Å². The molecule has 0 radical (unpaired) electrons. The average Bonchev–Trinajstić information content (AvgIpc) is 2.45. The Bertz CT molecular complexity index is 418. The van der Waals surface area contributed by atoms with Crippen LogP contribution in [0.1, 0.15) is 26.7 Å². The first-order valence-corrected chi connectivity index (χ1v) is 7.40. The van der Waals surface area contributed by atoms with Gasteiger partial charge < -0.3 is 20.7 Å². The molecule has 0 aliphatic carbocycles. The highest BCUT2D eigenvalue weighted by molar-refractivity contribution is 5.66. The van der Waals surface area contributed by atoms with Crippen molar-refractivity contribution in [3.63, 3.8) is 0 Å². The van der Waals surface area contributed by atoms with E-state index in [0.717, 1.165) is 19.0 Å². The molecule has 0 amide bonds. The van der Waals surface area contributed by atoms with Gasteiger partial charge in [-0.25, -0.2) is 4.98 Å². The molecule has 2 heterocycles. The fourth-order valence-corrected chi connectivity index (χ4v) is 2.39. The smallest absolute Gasteiger partial charge is 0.242 e. The van der Waals surface area contributed by atoms with Gasteiger partial charge in [0.05, 0.1) is 6.61 Å². The van der Waals surface area contributed by atoms with Crippen LogP contribution in [-0.2, 0) is 0 Å². The van der Waals surface area contributed by atoms with Crippen molar-refractivity contribution >= 4 is 11.5 Å². The van der Waals surface area contributed by atoms with Crippen LogP contribution in [0.25, 0.3) is 0 Å². The Balaban J connectivity index is 1.80. The molecule has 3 N–H and O–H groups in total. The number of piperidine rings is 1. The molecule has 0 atom stereocenters. The summed E-state index contributed by atoms with van der Waals surface area (Å²) in [4.78, 5) is 10.7. The molecule has 1 aromatic heterocycles. The Labute approximate surface area is 120 Å². The molecule has 0 aromatic carbocycles. The minimum atomic E-state index is 0.455. The molecular formula is C14H25N5O. The fraction of sp³-hybridized carbons (Fsp3) is 0.714. The molecular weight excluding hydrogens is 254 g/mol. The van der Waals surface area contributed by atoms with Crippen molar-refractivity contribution in [1.29, 1.82) is 0 Å². The van der Waals surface area contributed by atoms with E-state index in [9.17, 15) is 0 Å². The second-order valence-electron chi connectivity index (χ2n) is 5.33. The number of aromatic nitrogens is 2. The van der Waals surface area contributed by atoms with Crippen LogP contribution >= 0.6 is 0 Å². The molecule has 1 saturated heterocycles. The molecule has 0 spiro atoms. The van der Waals surface area contributed by atoms with Crippen LogP contribution in [0.15, 0.2) is 6.33 Å². The Morgan fingerprint density at radius 3 is 2.85 bits per heavy atom. The number of ether oxygens (including phenoxy) is 1. The quantitative estimate of drug-likeness (QED) is 0.824. The number of rotatable bonds is 6. The molecule has 1 aliphatic rings. The van der Waals surface area contributed by atoms with Gasteiger partial charge >= 0.3 is 0 Å². The first-order chi connectivity index (χ1) is 9.70. The van der Waals surface area contributed by atoms with Gasteiger partial charge in [0.15, 0.2) is 5.82 Å². The molecule has 112 valence electrons. The summed E-state index contributed by atoms with van der Waals surface area (Å²) in [5.41, 5.74) is 6.47. The molecule has 2 rings (SSSR count). The van der Waals surface area contributed by atoms with Crippen molar-refractivity contribution in [2.75, 3.05) is 43.8 Å². The lowest BCUT2D eigenvalue weighted by Gasteiger charge is -2.30. The number of nitrogens with zero attached hydrogens (tertiary/aromatic N) is 3. The lowest BCUT2D eigenvalue weighted by Crippen LogP contribution is -2.36. The van der Waals surface area contributed by atoms with Gasteiger partial charge in [-0.1, -0.05) is 6.92 Å². The van der Waals surface area contributed by atoms with Gasteiger partial charge in [0.25, 0.3) is 0 Å². The zero-order valence-electron chi connectivity index (χ0n) is 12.4. The molecule has 0 bridgehead atoms. The first kappa shape index (κ1) is 14.8.